The maximum Gasteiger partial charge on any atom is 0.233 e. The van der Waals surface area contributed by atoms with Crippen molar-refractivity contribution in [3.63, 3.8) is 0 Å². The van der Waals surface area contributed by atoms with Crippen LogP contribution in [0.15, 0.2) is 58.9 Å². The minimum atomic E-state index is -0.268. The van der Waals surface area contributed by atoms with Crippen molar-refractivity contribution in [1.82, 2.24) is 15.1 Å². The van der Waals surface area contributed by atoms with Gasteiger partial charge in [-0.05, 0) is 50.6 Å². The molecule has 3 aromatic rings. The molecule has 1 amide bonds. The lowest BCUT2D eigenvalue weighted by Gasteiger charge is -2.36. The number of aromatic nitrogens is 2. The molecule has 0 saturated carbocycles. The number of carbonyl (C=O) groups is 1. The third-order valence-electron chi connectivity index (χ3n) is 4.36. The lowest BCUT2D eigenvalue weighted by molar-refractivity contribution is -0.133. The van der Waals surface area contributed by atoms with Gasteiger partial charge in [0.1, 0.15) is 5.75 Å². The number of hydrogen-bond acceptors (Lipinski definition) is 7. The quantitative estimate of drug-likeness (QED) is 0.483. The zero-order valence-corrected chi connectivity index (χ0v) is 19.2. The van der Waals surface area contributed by atoms with Crippen LogP contribution in [-0.2, 0) is 11.3 Å². The van der Waals surface area contributed by atoms with Crippen LogP contribution in [0.5, 0.6) is 5.75 Å². The number of benzene rings is 2. The van der Waals surface area contributed by atoms with Crippen molar-refractivity contribution in [2.75, 3.05) is 18.2 Å². The normalized spacial score (nSPS) is 11.2. The van der Waals surface area contributed by atoms with E-state index in [0.717, 1.165) is 21.3 Å². The summed E-state index contributed by atoms with van der Waals surface area (Å²) in [5.41, 5.74) is 1.75. The fourth-order valence-corrected chi connectivity index (χ4v) is 4.43. The second kappa shape index (κ2) is 9.95. The Hall–Kier alpha value is -2.58. The third-order valence-corrected chi connectivity index (χ3v) is 6.32. The molecule has 0 atom stereocenters. The summed E-state index contributed by atoms with van der Waals surface area (Å²) in [6, 6.07) is 17.7. The monoisotopic (exact) mass is 442 g/mol. The molecule has 8 heteroatoms. The number of ether oxygens (including phenoxy) is 1. The van der Waals surface area contributed by atoms with Crippen molar-refractivity contribution < 1.29 is 9.53 Å². The van der Waals surface area contributed by atoms with E-state index in [1.165, 1.54) is 23.1 Å². The highest BCUT2D eigenvalue weighted by Gasteiger charge is 2.26. The summed E-state index contributed by atoms with van der Waals surface area (Å²) in [7, 11) is 1.64. The van der Waals surface area contributed by atoms with Crippen LogP contribution >= 0.6 is 23.1 Å². The molecule has 0 fully saturated rings. The molecule has 1 aromatic heterocycles. The average Bonchev–Trinajstić information content (AvgIpc) is 3.18. The van der Waals surface area contributed by atoms with Gasteiger partial charge in [0.25, 0.3) is 0 Å². The zero-order valence-electron chi connectivity index (χ0n) is 17.6. The van der Waals surface area contributed by atoms with Gasteiger partial charge in [0.2, 0.25) is 11.0 Å². The summed E-state index contributed by atoms with van der Waals surface area (Å²) in [5, 5.41) is 12.3. The van der Waals surface area contributed by atoms with Gasteiger partial charge >= 0.3 is 0 Å². The van der Waals surface area contributed by atoms with E-state index in [9.17, 15) is 4.79 Å². The minimum absolute atomic E-state index is 0.0798. The topological polar surface area (TPSA) is 67.3 Å². The maximum absolute atomic E-state index is 13.0. The Morgan fingerprint density at radius 2 is 1.80 bits per heavy atom. The van der Waals surface area contributed by atoms with Gasteiger partial charge in [-0.25, -0.2) is 0 Å². The van der Waals surface area contributed by atoms with Crippen molar-refractivity contribution in [2.45, 2.75) is 37.2 Å². The van der Waals surface area contributed by atoms with Gasteiger partial charge in [-0.15, -0.1) is 10.2 Å². The number of nitrogens with one attached hydrogen (secondary N) is 1. The first-order valence-electron chi connectivity index (χ1n) is 9.57. The summed E-state index contributed by atoms with van der Waals surface area (Å²) in [6.07, 6.45) is 0. The molecule has 30 heavy (non-hydrogen) atoms. The minimum Gasteiger partial charge on any atom is -0.497 e. The van der Waals surface area contributed by atoms with E-state index in [-0.39, 0.29) is 11.4 Å². The second-order valence-corrected chi connectivity index (χ2v) is 9.85. The van der Waals surface area contributed by atoms with E-state index in [1.54, 1.807) is 7.11 Å². The summed E-state index contributed by atoms with van der Waals surface area (Å²) < 4.78 is 5.92. The van der Waals surface area contributed by atoms with Gasteiger partial charge < -0.3 is 15.0 Å². The largest absolute Gasteiger partial charge is 0.497 e. The number of amides is 1. The lowest BCUT2D eigenvalue weighted by atomic mass is 10.0. The van der Waals surface area contributed by atoms with Gasteiger partial charge in [0.05, 0.1) is 12.9 Å². The van der Waals surface area contributed by atoms with Gasteiger partial charge in [-0.3, -0.25) is 4.79 Å². The number of methoxy groups -OCH3 is 1. The third kappa shape index (κ3) is 6.21. The van der Waals surface area contributed by atoms with Gasteiger partial charge in [0.15, 0.2) is 4.34 Å². The van der Waals surface area contributed by atoms with Crippen molar-refractivity contribution >= 4 is 39.8 Å². The highest BCUT2D eigenvalue weighted by molar-refractivity contribution is 8.01. The predicted octanol–water partition coefficient (Wildman–Crippen LogP) is 5.21. The summed E-state index contributed by atoms with van der Waals surface area (Å²) in [5.74, 6) is 1.20. The fourth-order valence-electron chi connectivity index (χ4n) is 2.78. The second-order valence-electron chi connectivity index (χ2n) is 7.65. The van der Waals surface area contributed by atoms with Crippen LogP contribution in [0.1, 0.15) is 26.3 Å². The highest BCUT2D eigenvalue weighted by Crippen LogP contribution is 2.29. The Bertz CT molecular complexity index is 953. The van der Waals surface area contributed by atoms with E-state index < -0.39 is 0 Å². The van der Waals surface area contributed by atoms with Gasteiger partial charge in [0, 0.05) is 17.8 Å². The van der Waals surface area contributed by atoms with Crippen LogP contribution in [0.4, 0.5) is 10.8 Å². The number of rotatable bonds is 8. The first-order chi connectivity index (χ1) is 14.3. The number of carbonyl (C=O) groups excluding carboxylic acids is 1. The molecule has 0 bridgehead atoms. The first kappa shape index (κ1) is 22.1. The smallest absolute Gasteiger partial charge is 0.233 e. The van der Waals surface area contributed by atoms with E-state index in [0.29, 0.717) is 17.4 Å². The predicted molar refractivity (Wildman–Crippen MR) is 124 cm³/mol. The standard InChI is InChI=1S/C22H26N4O2S2/c1-22(2,3)26(14-16-8-6-5-7-9-16)19(27)15-29-21-25-24-20(30-21)23-17-10-12-18(28-4)13-11-17/h5-13H,14-15H2,1-4H3,(H,23,24). The van der Waals surface area contributed by atoms with Gasteiger partial charge in [-0.2, -0.15) is 0 Å². The molecular weight excluding hydrogens is 416 g/mol. The van der Waals surface area contributed by atoms with Crippen LogP contribution in [-0.4, -0.2) is 39.4 Å². The van der Waals surface area contributed by atoms with E-state index >= 15 is 0 Å². The van der Waals surface area contributed by atoms with E-state index in [1.807, 2.05) is 59.5 Å². The Labute approximate surface area is 185 Å². The molecule has 158 valence electrons. The molecule has 1 heterocycles. The molecule has 0 aliphatic rings. The Morgan fingerprint density at radius 1 is 1.10 bits per heavy atom. The Kier molecular flexibility index (Phi) is 7.33. The average molecular weight is 443 g/mol. The van der Waals surface area contributed by atoms with Crippen LogP contribution in [0.3, 0.4) is 0 Å². The maximum atomic E-state index is 13.0. The summed E-state index contributed by atoms with van der Waals surface area (Å²) in [4.78, 5) is 14.9. The molecule has 2 aromatic carbocycles. The van der Waals surface area contributed by atoms with Crippen molar-refractivity contribution in [1.29, 1.82) is 0 Å². The number of hydrogen-bond donors (Lipinski definition) is 1. The molecule has 1 N–H and O–H groups in total. The lowest BCUT2D eigenvalue weighted by Crippen LogP contribution is -2.45. The summed E-state index contributed by atoms with van der Waals surface area (Å²) >= 11 is 2.85. The molecule has 3 rings (SSSR count). The molecule has 0 saturated heterocycles. The molecule has 0 aliphatic heterocycles. The zero-order chi connectivity index (χ0) is 21.6. The molecule has 0 spiro atoms. The van der Waals surface area contributed by atoms with Crippen molar-refractivity contribution in [3.8, 4) is 5.75 Å². The number of thioether (sulfide) groups is 1. The van der Waals surface area contributed by atoms with E-state index in [2.05, 4.69) is 36.3 Å². The van der Waals surface area contributed by atoms with Crippen molar-refractivity contribution in [3.05, 3.63) is 60.2 Å². The molecule has 0 aliphatic carbocycles. The Balaban J connectivity index is 1.58. The Morgan fingerprint density at radius 3 is 2.43 bits per heavy atom. The first-order valence-corrected chi connectivity index (χ1v) is 11.4. The summed E-state index contributed by atoms with van der Waals surface area (Å²) in [6.45, 7) is 6.76. The highest BCUT2D eigenvalue weighted by atomic mass is 32.2. The number of anilines is 2. The van der Waals surface area contributed by atoms with Gasteiger partial charge in [-0.1, -0.05) is 53.4 Å². The molecular formula is C22H26N4O2S2. The van der Waals surface area contributed by atoms with E-state index in [4.69, 9.17) is 4.74 Å². The molecule has 0 unspecified atom stereocenters. The van der Waals surface area contributed by atoms with Crippen molar-refractivity contribution in [2.24, 2.45) is 0 Å². The SMILES string of the molecule is COc1ccc(Nc2nnc(SCC(=O)N(Cc3ccccc3)C(C)(C)C)s2)cc1. The number of nitrogens with zero attached hydrogens (tertiary/aromatic N) is 3. The van der Waals surface area contributed by atoms with Crippen LogP contribution in [0.2, 0.25) is 0 Å². The molecule has 6 nitrogen and oxygen atoms in total. The molecule has 0 radical (unpaired) electrons. The fraction of sp³-hybridized carbons (Fsp3) is 0.318. The van der Waals surface area contributed by atoms with Crippen LogP contribution in [0, 0.1) is 0 Å². The van der Waals surface area contributed by atoms with Crippen LogP contribution in [0.25, 0.3) is 0 Å². The van der Waals surface area contributed by atoms with Crippen LogP contribution < -0.4 is 10.1 Å².